The van der Waals surface area contributed by atoms with E-state index in [1.165, 1.54) is 0 Å². The summed E-state index contributed by atoms with van der Waals surface area (Å²) in [7, 11) is 0. The van der Waals surface area contributed by atoms with Gasteiger partial charge in [0.15, 0.2) is 0 Å². The van der Waals surface area contributed by atoms with E-state index < -0.39 is 0 Å². The lowest BCUT2D eigenvalue weighted by molar-refractivity contribution is 0.473. The summed E-state index contributed by atoms with van der Waals surface area (Å²) in [5, 5.41) is 13.5. The minimum absolute atomic E-state index is 0.0723. The summed E-state index contributed by atoms with van der Waals surface area (Å²) in [6.45, 7) is 5.86. The van der Waals surface area contributed by atoms with Gasteiger partial charge in [-0.05, 0) is 42.1 Å². The summed E-state index contributed by atoms with van der Waals surface area (Å²) < 4.78 is 1.64. The maximum Gasteiger partial charge on any atom is 0.264 e. The smallest absolute Gasteiger partial charge is 0.264 e. The molecule has 1 N–H and O–H groups in total. The molecule has 2 aromatic heterocycles. The topological polar surface area (TPSA) is 54.6 Å². The highest BCUT2D eigenvalue weighted by Gasteiger charge is 2.17. The predicted octanol–water partition coefficient (Wildman–Crippen LogP) is 4.63. The first-order valence-corrected chi connectivity index (χ1v) is 8.44. The summed E-state index contributed by atoms with van der Waals surface area (Å²) >= 11 is 0. The number of pyridine rings is 1. The molecule has 4 nitrogen and oxygen atoms in total. The summed E-state index contributed by atoms with van der Waals surface area (Å²) in [5.41, 5.74) is 2.86. The van der Waals surface area contributed by atoms with Gasteiger partial charge in [-0.25, -0.2) is 4.98 Å². The van der Waals surface area contributed by atoms with E-state index in [-0.39, 0.29) is 11.3 Å². The first-order valence-electron chi connectivity index (χ1n) is 8.44. The van der Waals surface area contributed by atoms with Crippen LogP contribution in [0.1, 0.15) is 19.4 Å². The standard InChI is InChI=1S/C19H12N2O2.C2H6/c1-10-11-5-4-6-12-17(11)13(9-16(10)22)18-20-14-7-2-3-8-15(14)21(18)19(12)23;1-2/h2-9,22H,1H3;1-2H3. The minimum Gasteiger partial charge on any atom is -0.508 e. The van der Waals surface area contributed by atoms with Crippen LogP contribution in [0, 0.1) is 6.92 Å². The van der Waals surface area contributed by atoms with Crippen LogP contribution in [-0.4, -0.2) is 14.5 Å². The van der Waals surface area contributed by atoms with E-state index >= 15 is 0 Å². The second-order valence-electron chi connectivity index (χ2n) is 5.86. The van der Waals surface area contributed by atoms with Gasteiger partial charge in [0, 0.05) is 16.2 Å². The zero-order chi connectivity index (χ0) is 17.7. The number of imidazole rings is 1. The molecule has 124 valence electrons. The SMILES string of the molecule is CC.Cc1c(O)cc2c3c1cccc3c(=O)n1c3ccccc3nc21. The molecule has 0 spiro atoms. The first-order chi connectivity index (χ1) is 12.2. The molecule has 0 aliphatic carbocycles. The number of rotatable bonds is 0. The van der Waals surface area contributed by atoms with Crippen molar-refractivity contribution in [2.75, 3.05) is 0 Å². The van der Waals surface area contributed by atoms with E-state index in [1.807, 2.05) is 63.2 Å². The molecule has 2 heterocycles. The average Bonchev–Trinajstić information content (AvgIpc) is 3.04. The van der Waals surface area contributed by atoms with Crippen LogP contribution in [0.2, 0.25) is 0 Å². The third-order valence-corrected chi connectivity index (χ3v) is 4.64. The molecule has 0 atom stereocenters. The van der Waals surface area contributed by atoms with E-state index in [9.17, 15) is 9.90 Å². The van der Waals surface area contributed by atoms with Crippen molar-refractivity contribution in [3.8, 4) is 5.75 Å². The van der Waals surface area contributed by atoms with Gasteiger partial charge in [0.25, 0.3) is 5.56 Å². The van der Waals surface area contributed by atoms with Crippen LogP contribution >= 0.6 is 0 Å². The molecule has 0 fully saturated rings. The highest BCUT2D eigenvalue weighted by atomic mass is 16.3. The highest BCUT2D eigenvalue weighted by molar-refractivity contribution is 6.17. The molecule has 0 saturated carbocycles. The van der Waals surface area contributed by atoms with Crippen LogP contribution in [0.25, 0.3) is 38.2 Å². The molecular formula is C21H18N2O2. The quantitative estimate of drug-likeness (QED) is 0.450. The number of para-hydroxylation sites is 2. The molecule has 0 radical (unpaired) electrons. The second kappa shape index (κ2) is 5.45. The number of hydrogen-bond donors (Lipinski definition) is 1. The number of fused-ring (bicyclic) bond motifs is 4. The summed E-state index contributed by atoms with van der Waals surface area (Å²) in [4.78, 5) is 17.7. The Morgan fingerprint density at radius 2 is 1.68 bits per heavy atom. The average molecular weight is 330 g/mol. The van der Waals surface area contributed by atoms with Crippen molar-refractivity contribution in [1.29, 1.82) is 0 Å². The molecule has 0 bridgehead atoms. The van der Waals surface area contributed by atoms with E-state index in [2.05, 4.69) is 4.98 Å². The fourth-order valence-corrected chi connectivity index (χ4v) is 3.50. The maximum absolute atomic E-state index is 13.0. The lowest BCUT2D eigenvalue weighted by atomic mass is 9.98. The van der Waals surface area contributed by atoms with Crippen molar-refractivity contribution in [2.45, 2.75) is 20.8 Å². The van der Waals surface area contributed by atoms with E-state index in [0.717, 1.165) is 32.8 Å². The molecule has 0 unspecified atom stereocenters. The number of benzene rings is 3. The molecule has 5 aromatic rings. The van der Waals surface area contributed by atoms with Gasteiger partial charge in [0.2, 0.25) is 0 Å². The van der Waals surface area contributed by atoms with Gasteiger partial charge >= 0.3 is 0 Å². The van der Waals surface area contributed by atoms with Gasteiger partial charge in [0.1, 0.15) is 11.4 Å². The van der Waals surface area contributed by atoms with Gasteiger partial charge < -0.3 is 5.11 Å². The molecular weight excluding hydrogens is 312 g/mol. The van der Waals surface area contributed by atoms with Crippen molar-refractivity contribution in [3.05, 3.63) is 64.4 Å². The van der Waals surface area contributed by atoms with E-state index in [0.29, 0.717) is 11.0 Å². The molecule has 0 saturated heterocycles. The number of hydrogen-bond acceptors (Lipinski definition) is 3. The lowest BCUT2D eigenvalue weighted by Gasteiger charge is -2.10. The molecule has 0 amide bonds. The Morgan fingerprint density at radius 1 is 0.960 bits per heavy atom. The zero-order valence-electron chi connectivity index (χ0n) is 14.4. The van der Waals surface area contributed by atoms with Gasteiger partial charge in [-0.15, -0.1) is 0 Å². The Hall–Kier alpha value is -3.14. The molecule has 25 heavy (non-hydrogen) atoms. The Labute approximate surface area is 144 Å². The Kier molecular flexibility index (Phi) is 3.35. The Bertz CT molecular complexity index is 1300. The molecule has 0 aliphatic rings. The fourth-order valence-electron chi connectivity index (χ4n) is 3.50. The molecule has 3 aromatic carbocycles. The van der Waals surface area contributed by atoms with Crippen molar-refractivity contribution in [2.24, 2.45) is 0 Å². The van der Waals surface area contributed by atoms with Crippen molar-refractivity contribution in [1.82, 2.24) is 9.38 Å². The third-order valence-electron chi connectivity index (χ3n) is 4.64. The largest absolute Gasteiger partial charge is 0.508 e. The number of nitrogens with zero attached hydrogens (tertiary/aromatic N) is 2. The van der Waals surface area contributed by atoms with Crippen LogP contribution in [0.15, 0.2) is 53.3 Å². The number of aryl methyl sites for hydroxylation is 1. The zero-order valence-corrected chi connectivity index (χ0v) is 14.4. The van der Waals surface area contributed by atoms with Crippen molar-refractivity contribution < 1.29 is 5.11 Å². The Balaban J connectivity index is 0.000000758. The normalized spacial score (nSPS) is 11.3. The predicted molar refractivity (Wildman–Crippen MR) is 103 cm³/mol. The summed E-state index contributed by atoms with van der Waals surface area (Å²) in [5.74, 6) is 0.220. The summed E-state index contributed by atoms with van der Waals surface area (Å²) in [6, 6.07) is 14.9. The van der Waals surface area contributed by atoms with Gasteiger partial charge in [-0.3, -0.25) is 9.20 Å². The van der Waals surface area contributed by atoms with E-state index in [4.69, 9.17) is 0 Å². The van der Waals surface area contributed by atoms with Crippen LogP contribution in [0.5, 0.6) is 5.75 Å². The fraction of sp³-hybridized carbons (Fsp3) is 0.143. The lowest BCUT2D eigenvalue weighted by Crippen LogP contribution is -2.13. The second-order valence-corrected chi connectivity index (χ2v) is 5.86. The van der Waals surface area contributed by atoms with Crippen molar-refractivity contribution in [3.63, 3.8) is 0 Å². The van der Waals surface area contributed by atoms with Gasteiger partial charge in [0.05, 0.1) is 11.0 Å². The molecule has 4 heteroatoms. The minimum atomic E-state index is -0.0723. The monoisotopic (exact) mass is 330 g/mol. The summed E-state index contributed by atoms with van der Waals surface area (Å²) in [6.07, 6.45) is 0. The van der Waals surface area contributed by atoms with Crippen LogP contribution in [0.4, 0.5) is 0 Å². The van der Waals surface area contributed by atoms with Crippen LogP contribution in [-0.2, 0) is 0 Å². The van der Waals surface area contributed by atoms with Gasteiger partial charge in [-0.1, -0.05) is 38.1 Å². The molecule has 0 aliphatic heterocycles. The highest BCUT2D eigenvalue weighted by Crippen LogP contribution is 2.35. The number of phenols is 1. The Morgan fingerprint density at radius 3 is 2.48 bits per heavy atom. The van der Waals surface area contributed by atoms with Gasteiger partial charge in [-0.2, -0.15) is 0 Å². The number of aromatic hydroxyl groups is 1. The first kappa shape index (κ1) is 15.4. The van der Waals surface area contributed by atoms with E-state index in [1.54, 1.807) is 10.5 Å². The van der Waals surface area contributed by atoms with Crippen LogP contribution in [0.3, 0.4) is 0 Å². The molecule has 5 rings (SSSR count). The van der Waals surface area contributed by atoms with Crippen LogP contribution < -0.4 is 5.56 Å². The maximum atomic E-state index is 13.0. The third kappa shape index (κ3) is 1.94. The number of aromatic nitrogens is 2. The number of phenolic OH excluding ortho intramolecular Hbond substituents is 1. The van der Waals surface area contributed by atoms with Crippen molar-refractivity contribution >= 4 is 38.2 Å².